The number of carbonyl (C=O) groups excluding carboxylic acids is 3. The molecule has 0 spiro atoms. The molecule has 1 atom stereocenters. The van der Waals surface area contributed by atoms with Crippen molar-refractivity contribution in [3.8, 4) is 5.75 Å². The summed E-state index contributed by atoms with van der Waals surface area (Å²) in [5.74, 6) is -4.04. The number of halogens is 1. The molecule has 8 nitrogen and oxygen atoms in total. The number of ether oxygens (including phenoxy) is 5. The fourth-order valence-corrected chi connectivity index (χ4v) is 2.98. The van der Waals surface area contributed by atoms with Crippen molar-refractivity contribution in [2.45, 2.75) is 39.4 Å². The van der Waals surface area contributed by atoms with E-state index in [4.69, 9.17) is 18.9 Å². The van der Waals surface area contributed by atoms with Crippen molar-refractivity contribution in [3.05, 3.63) is 77.0 Å². The zero-order chi connectivity index (χ0) is 25.5. The van der Waals surface area contributed by atoms with Gasteiger partial charge in [-0.1, -0.05) is 30.3 Å². The van der Waals surface area contributed by atoms with Gasteiger partial charge in [0.05, 0.1) is 19.8 Å². The highest BCUT2D eigenvalue weighted by molar-refractivity contribution is 5.96. The molecule has 34 heavy (non-hydrogen) atoms. The first-order valence-electron chi connectivity index (χ1n) is 10.3. The van der Waals surface area contributed by atoms with Crippen LogP contribution in [0.25, 0.3) is 0 Å². The van der Waals surface area contributed by atoms with E-state index in [2.05, 4.69) is 4.74 Å². The van der Waals surface area contributed by atoms with Crippen LogP contribution in [0, 0.1) is 5.82 Å². The molecule has 2 aromatic rings. The zero-order valence-electron chi connectivity index (χ0n) is 19.8. The van der Waals surface area contributed by atoms with Gasteiger partial charge in [0, 0.05) is 6.92 Å². The summed E-state index contributed by atoms with van der Waals surface area (Å²) in [7, 11) is 2.41. The van der Waals surface area contributed by atoms with E-state index >= 15 is 4.39 Å². The molecule has 0 bridgehead atoms. The van der Waals surface area contributed by atoms with Gasteiger partial charge in [-0.2, -0.15) is 0 Å². The molecule has 9 heteroatoms. The average molecular weight is 474 g/mol. The number of hydrogen-bond donors (Lipinski definition) is 0. The van der Waals surface area contributed by atoms with Gasteiger partial charge in [-0.3, -0.25) is 4.79 Å². The molecule has 0 aliphatic carbocycles. The lowest BCUT2D eigenvalue weighted by atomic mass is 9.95. The smallest absolute Gasteiger partial charge is 0.377 e. The molecule has 1 unspecified atom stereocenters. The summed E-state index contributed by atoms with van der Waals surface area (Å²) < 4.78 is 41.4. The largest absolute Gasteiger partial charge is 0.500 e. The fourth-order valence-electron chi connectivity index (χ4n) is 2.98. The first kappa shape index (κ1) is 26.4. The molecule has 0 radical (unpaired) electrons. The van der Waals surface area contributed by atoms with Crippen molar-refractivity contribution < 1.29 is 42.5 Å². The van der Waals surface area contributed by atoms with Crippen LogP contribution in [0.5, 0.6) is 5.75 Å². The van der Waals surface area contributed by atoms with Gasteiger partial charge in [-0.05, 0) is 38.5 Å². The molecule has 0 heterocycles. The van der Waals surface area contributed by atoms with Gasteiger partial charge in [0.2, 0.25) is 5.76 Å². The third kappa shape index (κ3) is 6.81. The number of benzene rings is 2. The van der Waals surface area contributed by atoms with Crippen LogP contribution in [0.15, 0.2) is 54.5 Å². The van der Waals surface area contributed by atoms with Crippen LogP contribution in [0.2, 0.25) is 0 Å². The minimum absolute atomic E-state index is 0.229. The maximum atomic E-state index is 15.3. The number of methoxy groups -OCH3 is 2. The molecule has 0 aliphatic heterocycles. The van der Waals surface area contributed by atoms with Crippen molar-refractivity contribution in [3.63, 3.8) is 0 Å². The second-order valence-corrected chi connectivity index (χ2v) is 8.05. The number of esters is 3. The number of carbonyl (C=O) groups is 3. The summed E-state index contributed by atoms with van der Waals surface area (Å²) >= 11 is 0. The minimum atomic E-state index is -1.31. The van der Waals surface area contributed by atoms with E-state index in [1.54, 1.807) is 51.1 Å². The van der Waals surface area contributed by atoms with Gasteiger partial charge >= 0.3 is 17.9 Å². The molecule has 0 aliphatic rings. The second kappa shape index (κ2) is 11.3. The Morgan fingerprint density at radius 1 is 1.00 bits per heavy atom. The van der Waals surface area contributed by atoms with Crippen LogP contribution < -0.4 is 4.74 Å². The van der Waals surface area contributed by atoms with E-state index < -0.39 is 41.2 Å². The van der Waals surface area contributed by atoms with Crippen molar-refractivity contribution >= 4 is 17.9 Å². The molecule has 0 aromatic heterocycles. The van der Waals surface area contributed by atoms with Crippen molar-refractivity contribution in [2.75, 3.05) is 14.2 Å². The molecular formula is C25H27FO8. The first-order chi connectivity index (χ1) is 16.0. The predicted molar refractivity (Wildman–Crippen MR) is 119 cm³/mol. The number of rotatable bonds is 8. The molecule has 0 saturated carbocycles. The Morgan fingerprint density at radius 2 is 1.65 bits per heavy atom. The topological polar surface area (TPSA) is 97.4 Å². The van der Waals surface area contributed by atoms with Crippen LogP contribution in [0.1, 0.15) is 55.3 Å². The van der Waals surface area contributed by atoms with Crippen molar-refractivity contribution in [1.29, 1.82) is 0 Å². The standard InChI is InChI=1S/C25H27FO8/c1-15(27)32-22(16-10-8-7-9-11-16)20-17(26)12-13-18(21(20)24(29)34-25(2,3)4)33-19(14-30-5)23(28)31-6/h7-14,22H,1-6H3. The summed E-state index contributed by atoms with van der Waals surface area (Å²) in [5, 5.41) is 0. The van der Waals surface area contributed by atoms with Gasteiger partial charge in [0.15, 0.2) is 6.10 Å². The predicted octanol–water partition coefficient (Wildman–Crippen LogP) is 4.47. The minimum Gasteiger partial charge on any atom is -0.500 e. The highest BCUT2D eigenvalue weighted by Gasteiger charge is 2.33. The van der Waals surface area contributed by atoms with E-state index in [0.29, 0.717) is 5.56 Å². The fraction of sp³-hybridized carbons (Fsp3) is 0.320. The summed E-state index contributed by atoms with van der Waals surface area (Å²) in [6.07, 6.45) is -0.341. The molecule has 182 valence electrons. The number of hydrogen-bond acceptors (Lipinski definition) is 8. The Morgan fingerprint density at radius 3 is 2.18 bits per heavy atom. The molecule has 0 fully saturated rings. The maximum absolute atomic E-state index is 15.3. The highest BCUT2D eigenvalue weighted by Crippen LogP contribution is 2.37. The maximum Gasteiger partial charge on any atom is 0.377 e. The summed E-state index contributed by atoms with van der Waals surface area (Å²) in [6, 6.07) is 10.5. The van der Waals surface area contributed by atoms with Crippen molar-refractivity contribution in [2.24, 2.45) is 0 Å². The van der Waals surface area contributed by atoms with Gasteiger partial charge in [-0.25, -0.2) is 14.0 Å². The Kier molecular flexibility index (Phi) is 8.77. The van der Waals surface area contributed by atoms with Gasteiger partial charge < -0.3 is 23.7 Å². The first-order valence-corrected chi connectivity index (χ1v) is 10.3. The lowest BCUT2D eigenvalue weighted by molar-refractivity contribution is -0.145. The molecular weight excluding hydrogens is 447 g/mol. The van der Waals surface area contributed by atoms with Crippen LogP contribution in [-0.4, -0.2) is 37.7 Å². The third-order valence-corrected chi connectivity index (χ3v) is 4.24. The second-order valence-electron chi connectivity index (χ2n) is 8.05. The summed E-state index contributed by atoms with van der Waals surface area (Å²) in [5.41, 5.74) is -1.21. The van der Waals surface area contributed by atoms with Crippen LogP contribution in [0.4, 0.5) is 4.39 Å². The quantitative estimate of drug-likeness (QED) is 0.239. The Bertz CT molecular complexity index is 1070. The Hall–Kier alpha value is -3.88. The Balaban J connectivity index is 2.81. The lowest BCUT2D eigenvalue weighted by Crippen LogP contribution is -2.27. The normalized spacial score (nSPS) is 12.4. The highest BCUT2D eigenvalue weighted by atomic mass is 19.1. The average Bonchev–Trinajstić information content (AvgIpc) is 2.76. The van der Waals surface area contributed by atoms with Crippen LogP contribution >= 0.6 is 0 Å². The van der Waals surface area contributed by atoms with E-state index in [0.717, 1.165) is 32.4 Å². The molecule has 2 aromatic carbocycles. The molecule has 0 saturated heterocycles. The van der Waals surface area contributed by atoms with Crippen LogP contribution in [-0.2, 0) is 28.5 Å². The summed E-state index contributed by atoms with van der Waals surface area (Å²) in [6.45, 7) is 6.07. The molecule has 2 rings (SSSR count). The molecule has 0 amide bonds. The van der Waals surface area contributed by atoms with Gasteiger partial charge in [0.25, 0.3) is 0 Å². The monoisotopic (exact) mass is 474 g/mol. The van der Waals surface area contributed by atoms with Crippen LogP contribution in [0.3, 0.4) is 0 Å². The van der Waals surface area contributed by atoms with Gasteiger partial charge in [0.1, 0.15) is 29.0 Å². The van der Waals surface area contributed by atoms with Crippen molar-refractivity contribution in [1.82, 2.24) is 0 Å². The SMILES string of the molecule is COC=C(Oc1ccc(F)c(C(OC(C)=O)c2ccccc2)c1C(=O)OC(C)(C)C)C(=O)OC. The van der Waals surface area contributed by atoms with Gasteiger partial charge in [-0.15, -0.1) is 0 Å². The van der Waals surface area contributed by atoms with E-state index in [1.165, 1.54) is 7.11 Å². The van der Waals surface area contributed by atoms with E-state index in [1.807, 2.05) is 0 Å². The van der Waals surface area contributed by atoms with E-state index in [-0.39, 0.29) is 16.9 Å². The lowest BCUT2D eigenvalue weighted by Gasteiger charge is -2.25. The Labute approximate surface area is 197 Å². The third-order valence-electron chi connectivity index (χ3n) is 4.24. The van der Waals surface area contributed by atoms with E-state index in [9.17, 15) is 14.4 Å². The zero-order valence-corrected chi connectivity index (χ0v) is 19.8. The summed E-state index contributed by atoms with van der Waals surface area (Å²) in [4.78, 5) is 37.3. The molecule has 0 N–H and O–H groups in total.